The highest BCUT2D eigenvalue weighted by Gasteiger charge is 2.32. The maximum Gasteiger partial charge on any atom is 0.416 e. The van der Waals surface area contributed by atoms with Gasteiger partial charge in [-0.2, -0.15) is 13.2 Å². The van der Waals surface area contributed by atoms with Gasteiger partial charge in [-0.25, -0.2) is 0 Å². The summed E-state index contributed by atoms with van der Waals surface area (Å²) in [4.78, 5) is 28.2. The second kappa shape index (κ2) is 8.98. The third kappa shape index (κ3) is 5.38. The number of benzene rings is 2. The summed E-state index contributed by atoms with van der Waals surface area (Å²) >= 11 is 3.47. The van der Waals surface area contributed by atoms with Crippen LogP contribution in [-0.2, 0) is 17.4 Å². The Morgan fingerprint density at radius 3 is 2.24 bits per heavy atom. The zero-order valence-electron chi connectivity index (χ0n) is 15.6. The van der Waals surface area contributed by atoms with E-state index in [9.17, 15) is 22.8 Å². The number of nitrogens with zero attached hydrogens (tertiary/aromatic N) is 2. The molecule has 3 rings (SSSR count). The van der Waals surface area contributed by atoms with Gasteiger partial charge >= 0.3 is 6.18 Å². The average molecular weight is 469 g/mol. The molecule has 2 amide bonds. The van der Waals surface area contributed by atoms with Gasteiger partial charge in [0, 0.05) is 42.6 Å². The largest absolute Gasteiger partial charge is 0.416 e. The van der Waals surface area contributed by atoms with Gasteiger partial charge in [-0.05, 0) is 36.2 Å². The first-order chi connectivity index (χ1) is 13.8. The van der Waals surface area contributed by atoms with Crippen LogP contribution in [0.3, 0.4) is 0 Å². The molecule has 8 heteroatoms. The second-order valence-electron chi connectivity index (χ2n) is 6.84. The number of alkyl halides is 3. The second-order valence-corrected chi connectivity index (χ2v) is 7.70. The van der Waals surface area contributed by atoms with Crippen LogP contribution in [0.5, 0.6) is 0 Å². The van der Waals surface area contributed by atoms with Gasteiger partial charge in [-0.3, -0.25) is 9.59 Å². The number of hydrogen-bond donors (Lipinski definition) is 0. The normalized spacial score (nSPS) is 14.8. The molecule has 29 heavy (non-hydrogen) atoms. The molecule has 4 nitrogen and oxygen atoms in total. The third-order valence-corrected chi connectivity index (χ3v) is 5.70. The summed E-state index contributed by atoms with van der Waals surface area (Å²) in [5, 5.41) is 0. The number of amides is 2. The Hall–Kier alpha value is -2.35. The predicted molar refractivity (Wildman–Crippen MR) is 106 cm³/mol. The molecule has 0 bridgehead atoms. The van der Waals surface area contributed by atoms with Crippen molar-refractivity contribution < 1.29 is 22.8 Å². The Labute approximate surface area is 175 Å². The molecule has 1 fully saturated rings. The molecule has 2 aromatic rings. The molecule has 0 aliphatic carbocycles. The van der Waals surface area contributed by atoms with E-state index in [0.717, 1.165) is 22.2 Å². The van der Waals surface area contributed by atoms with Crippen LogP contribution < -0.4 is 0 Å². The van der Waals surface area contributed by atoms with Gasteiger partial charge < -0.3 is 9.80 Å². The predicted octanol–water partition coefficient (Wildman–Crippen LogP) is 4.39. The van der Waals surface area contributed by atoms with E-state index in [1.165, 1.54) is 17.0 Å². The zero-order chi connectivity index (χ0) is 21.0. The first-order valence-corrected chi connectivity index (χ1v) is 10.0. The molecule has 0 atom stereocenters. The van der Waals surface area contributed by atoms with Crippen molar-refractivity contribution in [3.63, 3.8) is 0 Å². The van der Waals surface area contributed by atoms with E-state index in [0.29, 0.717) is 39.0 Å². The maximum atomic E-state index is 12.9. The van der Waals surface area contributed by atoms with Crippen molar-refractivity contribution in [3.8, 4) is 0 Å². The van der Waals surface area contributed by atoms with Crippen LogP contribution in [0.15, 0.2) is 53.0 Å². The fourth-order valence-corrected chi connectivity index (χ4v) is 3.75. The Kier molecular flexibility index (Phi) is 6.62. The number of carbonyl (C=O) groups excluding carboxylic acids is 2. The highest BCUT2D eigenvalue weighted by molar-refractivity contribution is 9.10. The molecule has 1 aliphatic rings. The summed E-state index contributed by atoms with van der Waals surface area (Å²) in [7, 11) is 0. The lowest BCUT2D eigenvalue weighted by atomic mass is 10.1. The molecule has 0 spiro atoms. The van der Waals surface area contributed by atoms with Crippen LogP contribution >= 0.6 is 15.9 Å². The number of rotatable bonds is 4. The van der Waals surface area contributed by atoms with E-state index in [1.54, 1.807) is 4.90 Å². The van der Waals surface area contributed by atoms with Crippen LogP contribution in [0.4, 0.5) is 13.2 Å². The molecular formula is C21H20BrF3N2O2. The number of carbonyl (C=O) groups is 2. The van der Waals surface area contributed by atoms with Crippen molar-refractivity contribution in [2.45, 2.75) is 19.0 Å². The Bertz CT molecular complexity index is 893. The first-order valence-electron chi connectivity index (χ1n) is 9.23. The van der Waals surface area contributed by atoms with E-state index < -0.39 is 17.6 Å². The fraction of sp³-hybridized carbons (Fsp3) is 0.333. The lowest BCUT2D eigenvalue weighted by Gasteiger charge is -2.35. The smallest absolute Gasteiger partial charge is 0.339 e. The molecule has 154 valence electrons. The molecule has 1 saturated heterocycles. The number of aryl methyl sites for hydroxylation is 1. The van der Waals surface area contributed by atoms with Crippen molar-refractivity contribution in [2.75, 3.05) is 26.2 Å². The minimum Gasteiger partial charge on any atom is -0.339 e. The lowest BCUT2D eigenvalue weighted by Crippen LogP contribution is -2.50. The Balaban J connectivity index is 1.54. The van der Waals surface area contributed by atoms with Gasteiger partial charge in [-0.1, -0.05) is 40.2 Å². The number of halogens is 4. The van der Waals surface area contributed by atoms with Crippen molar-refractivity contribution in [2.24, 2.45) is 0 Å². The lowest BCUT2D eigenvalue weighted by molar-refractivity contribution is -0.137. The molecule has 0 N–H and O–H groups in total. The topological polar surface area (TPSA) is 40.6 Å². The molecule has 2 aromatic carbocycles. The molecule has 1 aliphatic heterocycles. The summed E-state index contributed by atoms with van der Waals surface area (Å²) in [6, 6.07) is 12.2. The average Bonchev–Trinajstić information content (AvgIpc) is 2.72. The molecule has 0 radical (unpaired) electrons. The fourth-order valence-electron chi connectivity index (χ4n) is 3.27. The van der Waals surface area contributed by atoms with Crippen LogP contribution in [0.2, 0.25) is 0 Å². The SMILES string of the molecule is O=C(CCc1ccccc1Br)N1CCN(C(=O)c2cccc(C(F)(F)F)c2)CC1. The summed E-state index contributed by atoms with van der Waals surface area (Å²) < 4.78 is 39.5. The van der Waals surface area contributed by atoms with Gasteiger partial charge in [0.25, 0.3) is 5.91 Å². The van der Waals surface area contributed by atoms with Crippen LogP contribution in [0.1, 0.15) is 27.9 Å². The molecule has 1 heterocycles. The van der Waals surface area contributed by atoms with Crippen LogP contribution in [0.25, 0.3) is 0 Å². The van der Waals surface area contributed by atoms with E-state index in [-0.39, 0.29) is 11.5 Å². The van der Waals surface area contributed by atoms with Crippen molar-refractivity contribution in [3.05, 3.63) is 69.7 Å². The standard InChI is InChI=1S/C21H20BrF3N2O2/c22-18-7-2-1-4-15(18)8-9-19(28)26-10-12-27(13-11-26)20(29)16-5-3-6-17(14-16)21(23,24)25/h1-7,14H,8-13H2. The molecular weight excluding hydrogens is 449 g/mol. The number of hydrogen-bond acceptors (Lipinski definition) is 2. The summed E-state index contributed by atoms with van der Waals surface area (Å²) in [6.45, 7) is 1.35. The van der Waals surface area contributed by atoms with E-state index in [2.05, 4.69) is 15.9 Å². The summed E-state index contributed by atoms with van der Waals surface area (Å²) in [5.74, 6) is -0.441. The van der Waals surface area contributed by atoms with Crippen LogP contribution in [0, 0.1) is 0 Å². The van der Waals surface area contributed by atoms with Crippen LogP contribution in [-0.4, -0.2) is 47.8 Å². The molecule has 0 unspecified atom stereocenters. The van der Waals surface area contributed by atoms with E-state index in [1.807, 2.05) is 24.3 Å². The van der Waals surface area contributed by atoms with Gasteiger partial charge in [0.15, 0.2) is 0 Å². The van der Waals surface area contributed by atoms with Gasteiger partial charge in [0.2, 0.25) is 5.91 Å². The third-order valence-electron chi connectivity index (χ3n) is 4.92. The quantitative estimate of drug-likeness (QED) is 0.667. The monoisotopic (exact) mass is 468 g/mol. The minimum absolute atomic E-state index is 0.00641. The first kappa shape index (κ1) is 21.4. The maximum absolute atomic E-state index is 12.9. The van der Waals surface area contributed by atoms with E-state index >= 15 is 0 Å². The van der Waals surface area contributed by atoms with E-state index in [4.69, 9.17) is 0 Å². The summed E-state index contributed by atoms with van der Waals surface area (Å²) in [5.41, 5.74) is 0.219. The minimum atomic E-state index is -4.49. The van der Waals surface area contributed by atoms with Gasteiger partial charge in [-0.15, -0.1) is 0 Å². The van der Waals surface area contributed by atoms with Gasteiger partial charge in [0.1, 0.15) is 0 Å². The van der Waals surface area contributed by atoms with Crippen molar-refractivity contribution >= 4 is 27.7 Å². The highest BCUT2D eigenvalue weighted by Crippen LogP contribution is 2.29. The molecule has 0 aromatic heterocycles. The Morgan fingerprint density at radius 1 is 0.931 bits per heavy atom. The number of piperazine rings is 1. The highest BCUT2D eigenvalue weighted by atomic mass is 79.9. The van der Waals surface area contributed by atoms with Gasteiger partial charge in [0.05, 0.1) is 5.56 Å². The zero-order valence-corrected chi connectivity index (χ0v) is 17.2. The van der Waals surface area contributed by atoms with Crippen molar-refractivity contribution in [1.29, 1.82) is 0 Å². The Morgan fingerprint density at radius 2 is 1.59 bits per heavy atom. The van der Waals surface area contributed by atoms with Crippen molar-refractivity contribution in [1.82, 2.24) is 9.80 Å². The summed E-state index contributed by atoms with van der Waals surface area (Å²) in [6.07, 6.45) is -3.51. The molecule has 0 saturated carbocycles.